The molecule has 3 aromatic rings. The van der Waals surface area contributed by atoms with Crippen LogP contribution >= 0.6 is 0 Å². The number of urea groups is 2. The van der Waals surface area contributed by atoms with Crippen molar-refractivity contribution in [2.45, 2.75) is 81.1 Å². The number of allylic oxidation sites excluding steroid dienone is 2. The average molecular weight is 984 g/mol. The Balaban J connectivity index is 1.22. The number of aromatic amines is 1. The first-order valence-corrected chi connectivity index (χ1v) is 23.8. The summed E-state index contributed by atoms with van der Waals surface area (Å²) in [6.07, 6.45) is 3.66. The molecule has 71 heavy (non-hydrogen) atoms. The number of aliphatic imine (C=N–C) groups is 1. The number of carbonyl (C=O) groups excluding carboxylic acids is 4. The van der Waals surface area contributed by atoms with Gasteiger partial charge >= 0.3 is 24.2 Å². The first kappa shape index (κ1) is 56.1. The highest BCUT2D eigenvalue weighted by molar-refractivity contribution is 5.98. The highest BCUT2D eigenvalue weighted by atomic mass is 16.6. The molecule has 1 aliphatic heterocycles. The molecule has 0 saturated heterocycles. The van der Waals surface area contributed by atoms with Crippen molar-refractivity contribution in [2.24, 2.45) is 37.9 Å². The van der Waals surface area contributed by atoms with Gasteiger partial charge in [0.25, 0.3) is 5.56 Å². The SMILES string of the molecule is C=C1C=C(C)N=C(NC(=O)NCCC(C)CC(C)(C)CNC(=O)OCCN(CCOC(=O)NCC(C)(C)CC(C)CCNC(=O)Nc2nc(C)cc(=O)[nH]2)c2ccc(N=Nc3ccc(OC)cc3)cc2)N1. The van der Waals surface area contributed by atoms with Crippen LogP contribution in [0.2, 0.25) is 0 Å². The molecule has 21 heteroatoms. The number of guanidine groups is 1. The van der Waals surface area contributed by atoms with Crippen molar-refractivity contribution in [1.82, 2.24) is 41.9 Å². The minimum Gasteiger partial charge on any atom is -0.497 e. The van der Waals surface area contributed by atoms with Crippen molar-refractivity contribution in [3.63, 3.8) is 0 Å². The van der Waals surface area contributed by atoms with Crippen molar-refractivity contribution in [3.8, 4) is 5.75 Å². The smallest absolute Gasteiger partial charge is 0.407 e. The molecule has 21 nitrogen and oxygen atoms in total. The van der Waals surface area contributed by atoms with Gasteiger partial charge in [-0.3, -0.25) is 20.4 Å². The number of ether oxygens (including phenoxy) is 3. The predicted molar refractivity (Wildman–Crippen MR) is 276 cm³/mol. The zero-order valence-electron chi connectivity index (χ0n) is 42.6. The zero-order valence-corrected chi connectivity index (χ0v) is 42.6. The third-order valence-corrected chi connectivity index (χ3v) is 11.1. The van der Waals surface area contributed by atoms with Gasteiger partial charge in [-0.05, 0) is 117 Å². The molecule has 386 valence electrons. The third kappa shape index (κ3) is 22.2. The summed E-state index contributed by atoms with van der Waals surface area (Å²) in [7, 11) is 1.60. The lowest BCUT2D eigenvalue weighted by molar-refractivity contribution is 0.136. The molecule has 0 aliphatic carbocycles. The number of nitrogens with zero attached hydrogens (tertiary/aromatic N) is 5. The van der Waals surface area contributed by atoms with Crippen LogP contribution in [-0.4, -0.2) is 99.8 Å². The Morgan fingerprint density at radius 1 is 0.761 bits per heavy atom. The number of hydrogen-bond donors (Lipinski definition) is 8. The van der Waals surface area contributed by atoms with Crippen LogP contribution in [0.4, 0.5) is 42.2 Å². The summed E-state index contributed by atoms with van der Waals surface area (Å²) < 4.78 is 16.5. The van der Waals surface area contributed by atoms with E-state index in [2.05, 4.69) is 111 Å². The topological polar surface area (TPSA) is 266 Å². The maximum absolute atomic E-state index is 12.9. The molecule has 2 heterocycles. The van der Waals surface area contributed by atoms with Gasteiger partial charge in [-0.25, -0.2) is 29.2 Å². The standard InChI is InChI=1S/C50H73N13O8/c1-33(19-21-51-45(65)59-43-55-35(3)27-36(4)56-43)29-49(6,7)31-53-47(67)70-25-23-63(40-15-11-38(12-16-40)61-62-39-13-17-41(69-10)18-14-39)24-26-71-48(68)54-32-50(8,9)30-34(2)20-22-52-46(66)60-44-57-37(5)28-42(64)58-44/h11-18,27-28,33-34H,3,19-26,29-32H2,1-2,4-10H3,(H,53,67)(H,54,68)(H3,51,55,56,59,65)(H3,52,57,58,60,64,66). The van der Waals surface area contributed by atoms with Gasteiger partial charge in [0.1, 0.15) is 19.0 Å². The molecule has 2 aromatic carbocycles. The Labute approximate surface area is 416 Å². The van der Waals surface area contributed by atoms with E-state index in [1.807, 2.05) is 60.4 Å². The molecular weight excluding hydrogens is 911 g/mol. The Bertz CT molecular complexity index is 2400. The number of hydrogen-bond acceptors (Lipinski definition) is 14. The number of H-pyrrole nitrogens is 1. The zero-order chi connectivity index (χ0) is 52.0. The highest BCUT2D eigenvalue weighted by Crippen LogP contribution is 2.28. The van der Waals surface area contributed by atoms with Crippen molar-refractivity contribution in [1.29, 1.82) is 0 Å². The molecule has 1 aliphatic rings. The summed E-state index contributed by atoms with van der Waals surface area (Å²) in [5.41, 5.74) is 3.10. The van der Waals surface area contributed by atoms with E-state index >= 15 is 0 Å². The Hall–Kier alpha value is -7.45. The molecule has 0 fully saturated rings. The van der Waals surface area contributed by atoms with E-state index in [1.165, 1.54) is 6.07 Å². The number of methoxy groups -OCH3 is 1. The van der Waals surface area contributed by atoms with Crippen LogP contribution in [0.3, 0.4) is 0 Å². The van der Waals surface area contributed by atoms with Crippen molar-refractivity contribution >= 4 is 53.2 Å². The highest BCUT2D eigenvalue weighted by Gasteiger charge is 2.24. The fourth-order valence-electron chi connectivity index (χ4n) is 7.86. The number of anilines is 2. The van der Waals surface area contributed by atoms with E-state index in [4.69, 9.17) is 14.2 Å². The molecule has 0 bridgehead atoms. The van der Waals surface area contributed by atoms with Crippen LogP contribution in [0.1, 0.15) is 79.8 Å². The molecule has 0 spiro atoms. The number of nitrogens with one attached hydrogen (secondary N) is 8. The number of carbonyl (C=O) groups is 4. The lowest BCUT2D eigenvalue weighted by Crippen LogP contribution is -2.46. The van der Waals surface area contributed by atoms with E-state index < -0.39 is 18.2 Å². The van der Waals surface area contributed by atoms with Crippen molar-refractivity contribution in [3.05, 3.63) is 94.7 Å². The first-order valence-electron chi connectivity index (χ1n) is 23.8. The van der Waals surface area contributed by atoms with E-state index in [0.717, 1.165) is 36.4 Å². The number of azo groups is 1. The first-order chi connectivity index (χ1) is 33.6. The molecule has 1 aromatic heterocycles. The number of alkyl carbamates (subject to hydrolysis) is 2. The molecule has 8 N–H and O–H groups in total. The number of amides is 6. The number of aryl methyl sites for hydroxylation is 1. The second-order valence-electron chi connectivity index (χ2n) is 19.3. The minimum absolute atomic E-state index is 0.0556. The fourth-order valence-corrected chi connectivity index (χ4v) is 7.86. The third-order valence-electron chi connectivity index (χ3n) is 11.1. The van der Waals surface area contributed by atoms with E-state index in [0.29, 0.717) is 74.4 Å². The molecule has 0 saturated carbocycles. The monoisotopic (exact) mass is 984 g/mol. The lowest BCUT2D eigenvalue weighted by Gasteiger charge is -2.29. The summed E-state index contributed by atoms with van der Waals surface area (Å²) in [5, 5.41) is 28.3. The van der Waals surface area contributed by atoms with Crippen molar-refractivity contribution in [2.75, 3.05) is 69.8 Å². The summed E-state index contributed by atoms with van der Waals surface area (Å²) in [6, 6.07) is 15.1. The van der Waals surface area contributed by atoms with Crippen LogP contribution in [-0.2, 0) is 9.47 Å². The largest absolute Gasteiger partial charge is 0.497 e. The number of rotatable bonds is 25. The summed E-state index contributed by atoms with van der Waals surface area (Å²) in [5.74, 6) is 1.59. The molecular formula is C50H73N13O8. The molecule has 0 radical (unpaired) electrons. The number of aromatic nitrogens is 2. The molecule has 6 amide bonds. The average Bonchev–Trinajstić information content (AvgIpc) is 3.28. The fraction of sp³-hybridized carbons (Fsp3) is 0.500. The van der Waals surface area contributed by atoms with E-state index in [1.54, 1.807) is 20.1 Å². The van der Waals surface area contributed by atoms with Crippen LogP contribution in [0.25, 0.3) is 0 Å². The summed E-state index contributed by atoms with van der Waals surface area (Å²) >= 11 is 0. The van der Waals surface area contributed by atoms with Gasteiger partial charge in [-0.1, -0.05) is 48.1 Å². The normalized spacial score (nSPS) is 13.4. The van der Waals surface area contributed by atoms with Gasteiger partial charge in [0.15, 0.2) is 0 Å². The molecule has 4 rings (SSSR count). The van der Waals surface area contributed by atoms with Crippen LogP contribution in [0.15, 0.2) is 98.7 Å². The van der Waals surface area contributed by atoms with Crippen LogP contribution in [0, 0.1) is 29.6 Å². The lowest BCUT2D eigenvalue weighted by atomic mass is 9.82. The second-order valence-corrected chi connectivity index (χ2v) is 19.3. The minimum atomic E-state index is -0.558. The van der Waals surface area contributed by atoms with Gasteiger partial charge in [-0.2, -0.15) is 10.2 Å². The van der Waals surface area contributed by atoms with Crippen LogP contribution < -0.4 is 52.4 Å². The quantitative estimate of drug-likeness (QED) is 0.0376. The van der Waals surface area contributed by atoms with Gasteiger partial charge < -0.3 is 45.7 Å². The number of benzene rings is 2. The maximum atomic E-state index is 12.9. The van der Waals surface area contributed by atoms with E-state index in [9.17, 15) is 24.0 Å². The summed E-state index contributed by atoms with van der Waals surface area (Å²) in [6.45, 7) is 22.1. The Morgan fingerprint density at radius 2 is 1.27 bits per heavy atom. The van der Waals surface area contributed by atoms with Gasteiger partial charge in [0.05, 0.1) is 31.6 Å². The molecule has 2 atom stereocenters. The second kappa shape index (κ2) is 27.7. The Morgan fingerprint density at radius 3 is 1.76 bits per heavy atom. The van der Waals surface area contributed by atoms with Gasteiger partial charge in [0, 0.05) is 55.0 Å². The summed E-state index contributed by atoms with van der Waals surface area (Å²) in [4.78, 5) is 75.0. The molecule has 2 unspecified atom stereocenters. The van der Waals surface area contributed by atoms with Gasteiger partial charge in [-0.15, -0.1) is 0 Å². The van der Waals surface area contributed by atoms with E-state index in [-0.39, 0.29) is 53.4 Å². The van der Waals surface area contributed by atoms with Gasteiger partial charge in [0.2, 0.25) is 11.9 Å². The van der Waals surface area contributed by atoms with Crippen molar-refractivity contribution < 1.29 is 33.4 Å². The van der Waals surface area contributed by atoms with Crippen LogP contribution in [0.5, 0.6) is 5.75 Å². The predicted octanol–water partition coefficient (Wildman–Crippen LogP) is 8.14. The Kier molecular flexibility index (Phi) is 21.9. The maximum Gasteiger partial charge on any atom is 0.407 e.